The van der Waals surface area contributed by atoms with E-state index in [1.165, 1.54) is 0 Å². The lowest BCUT2D eigenvalue weighted by atomic mass is 10.1. The van der Waals surface area contributed by atoms with Crippen LogP contribution in [0.2, 0.25) is 10.0 Å². The number of thiophene rings is 1. The molecule has 0 unspecified atom stereocenters. The predicted molar refractivity (Wildman–Crippen MR) is 85.9 cm³/mol. The maximum Gasteiger partial charge on any atom is 0.111 e. The Hall–Kier alpha value is -1.29. The van der Waals surface area contributed by atoms with Gasteiger partial charge in [0.25, 0.3) is 0 Å². The maximum atomic E-state index is 6.04. The van der Waals surface area contributed by atoms with Crippen LogP contribution in [-0.4, -0.2) is 9.97 Å². The van der Waals surface area contributed by atoms with Gasteiger partial charge in [-0.05, 0) is 36.1 Å². The number of aromatic amines is 1. The first-order valence-electron chi connectivity index (χ1n) is 6.15. The molecule has 0 aliphatic carbocycles. The second kappa shape index (κ2) is 5.60. The highest BCUT2D eigenvalue weighted by molar-refractivity contribution is 7.08. The monoisotopic (exact) mass is 322 g/mol. The molecule has 2 heterocycles. The van der Waals surface area contributed by atoms with E-state index in [1.807, 2.05) is 25.1 Å². The molecule has 0 saturated carbocycles. The Bertz CT molecular complexity index is 732. The Kier molecular flexibility index (Phi) is 3.83. The number of benzene rings is 1. The van der Waals surface area contributed by atoms with Crippen molar-refractivity contribution >= 4 is 34.5 Å². The van der Waals surface area contributed by atoms with Crippen molar-refractivity contribution in [2.75, 3.05) is 0 Å². The number of imidazole rings is 1. The van der Waals surface area contributed by atoms with Crippen LogP contribution in [0.5, 0.6) is 0 Å². The number of H-pyrrole nitrogens is 1. The van der Waals surface area contributed by atoms with E-state index < -0.39 is 0 Å². The molecule has 102 valence electrons. The van der Waals surface area contributed by atoms with Gasteiger partial charge >= 0.3 is 0 Å². The van der Waals surface area contributed by atoms with E-state index >= 15 is 0 Å². The van der Waals surface area contributed by atoms with Crippen LogP contribution in [0.4, 0.5) is 0 Å². The summed E-state index contributed by atoms with van der Waals surface area (Å²) in [5.74, 6) is 0.932. The number of aromatic nitrogens is 2. The Balaban J connectivity index is 1.88. The molecule has 0 radical (unpaired) electrons. The Morgan fingerprint density at radius 1 is 1.20 bits per heavy atom. The van der Waals surface area contributed by atoms with Crippen molar-refractivity contribution < 1.29 is 0 Å². The highest BCUT2D eigenvalue weighted by atomic mass is 35.5. The Labute approximate surface area is 131 Å². The molecule has 0 amide bonds. The van der Waals surface area contributed by atoms with Crippen LogP contribution >= 0.6 is 34.5 Å². The van der Waals surface area contributed by atoms with E-state index in [4.69, 9.17) is 23.2 Å². The molecule has 5 heteroatoms. The molecule has 0 spiro atoms. The van der Waals surface area contributed by atoms with Crippen molar-refractivity contribution in [2.45, 2.75) is 13.3 Å². The fourth-order valence-electron chi connectivity index (χ4n) is 2.13. The minimum atomic E-state index is 0.574. The average Bonchev–Trinajstić information content (AvgIpc) is 3.03. The number of hydrogen-bond acceptors (Lipinski definition) is 2. The first-order valence-corrected chi connectivity index (χ1v) is 7.85. The molecule has 0 saturated heterocycles. The summed E-state index contributed by atoms with van der Waals surface area (Å²) in [4.78, 5) is 8.01. The third-order valence-electron chi connectivity index (χ3n) is 3.08. The first-order chi connectivity index (χ1) is 9.63. The molecule has 2 nitrogen and oxygen atoms in total. The van der Waals surface area contributed by atoms with Crippen LogP contribution in [0.25, 0.3) is 11.3 Å². The SMILES string of the molecule is Cc1[nH]c(Cc2ccc(Cl)c(Cl)c2)nc1-c1ccsc1. The summed E-state index contributed by atoms with van der Waals surface area (Å²) in [6, 6.07) is 7.74. The zero-order chi connectivity index (χ0) is 14.1. The average molecular weight is 323 g/mol. The summed E-state index contributed by atoms with van der Waals surface area (Å²) in [6.45, 7) is 2.04. The van der Waals surface area contributed by atoms with Gasteiger partial charge in [0, 0.05) is 23.1 Å². The second-order valence-corrected chi connectivity index (χ2v) is 6.19. The summed E-state index contributed by atoms with van der Waals surface area (Å²) in [6.07, 6.45) is 0.710. The molecule has 1 N–H and O–H groups in total. The third kappa shape index (κ3) is 2.75. The number of nitrogens with one attached hydrogen (secondary N) is 1. The van der Waals surface area contributed by atoms with Crippen LogP contribution in [-0.2, 0) is 6.42 Å². The molecule has 0 fully saturated rings. The lowest BCUT2D eigenvalue weighted by Gasteiger charge is -2.00. The van der Waals surface area contributed by atoms with Crippen molar-refractivity contribution in [1.29, 1.82) is 0 Å². The van der Waals surface area contributed by atoms with Gasteiger partial charge in [-0.3, -0.25) is 0 Å². The maximum absolute atomic E-state index is 6.04. The highest BCUT2D eigenvalue weighted by Gasteiger charge is 2.10. The van der Waals surface area contributed by atoms with E-state index in [0.29, 0.717) is 16.5 Å². The van der Waals surface area contributed by atoms with E-state index in [-0.39, 0.29) is 0 Å². The molecule has 1 aromatic carbocycles. The number of nitrogens with zero attached hydrogens (tertiary/aromatic N) is 1. The fraction of sp³-hybridized carbons (Fsp3) is 0.133. The summed E-state index contributed by atoms with van der Waals surface area (Å²) in [7, 11) is 0. The number of hydrogen-bond donors (Lipinski definition) is 1. The molecule has 2 aromatic heterocycles. The van der Waals surface area contributed by atoms with Crippen molar-refractivity contribution in [2.24, 2.45) is 0 Å². The van der Waals surface area contributed by atoms with Gasteiger partial charge < -0.3 is 4.98 Å². The van der Waals surface area contributed by atoms with Crippen LogP contribution in [0, 0.1) is 6.92 Å². The molecule has 0 aliphatic heterocycles. The molecule has 3 rings (SSSR count). The van der Waals surface area contributed by atoms with E-state index in [2.05, 4.69) is 26.8 Å². The molecule has 0 bridgehead atoms. The van der Waals surface area contributed by atoms with Gasteiger partial charge in [0.05, 0.1) is 15.7 Å². The predicted octanol–water partition coefficient (Wildman–Crippen LogP) is 5.34. The van der Waals surface area contributed by atoms with Crippen molar-refractivity contribution in [3.8, 4) is 11.3 Å². The number of aryl methyl sites for hydroxylation is 1. The topological polar surface area (TPSA) is 28.7 Å². The molecular weight excluding hydrogens is 311 g/mol. The highest BCUT2D eigenvalue weighted by Crippen LogP contribution is 2.26. The molecular formula is C15H12Cl2N2S. The molecule has 0 atom stereocenters. The zero-order valence-corrected chi connectivity index (χ0v) is 13.1. The second-order valence-electron chi connectivity index (χ2n) is 4.59. The van der Waals surface area contributed by atoms with Gasteiger partial charge in [-0.1, -0.05) is 29.3 Å². The molecule has 20 heavy (non-hydrogen) atoms. The zero-order valence-electron chi connectivity index (χ0n) is 10.8. The van der Waals surface area contributed by atoms with Gasteiger partial charge in [0.15, 0.2) is 0 Å². The van der Waals surface area contributed by atoms with Gasteiger partial charge in [-0.2, -0.15) is 11.3 Å². The smallest absolute Gasteiger partial charge is 0.111 e. The van der Waals surface area contributed by atoms with Gasteiger partial charge in [0.1, 0.15) is 5.82 Å². The van der Waals surface area contributed by atoms with E-state index in [0.717, 1.165) is 28.3 Å². The standard InChI is InChI=1S/C15H12Cl2N2S/c1-9-15(11-4-5-20-8-11)19-14(18-9)7-10-2-3-12(16)13(17)6-10/h2-6,8H,7H2,1H3,(H,18,19). The Morgan fingerprint density at radius 3 is 2.75 bits per heavy atom. The van der Waals surface area contributed by atoms with Gasteiger partial charge in [0.2, 0.25) is 0 Å². The van der Waals surface area contributed by atoms with Crippen LogP contribution in [0.15, 0.2) is 35.0 Å². The van der Waals surface area contributed by atoms with Crippen molar-refractivity contribution in [1.82, 2.24) is 9.97 Å². The van der Waals surface area contributed by atoms with Crippen LogP contribution < -0.4 is 0 Å². The van der Waals surface area contributed by atoms with E-state index in [9.17, 15) is 0 Å². The third-order valence-corrected chi connectivity index (χ3v) is 4.51. The largest absolute Gasteiger partial charge is 0.345 e. The van der Waals surface area contributed by atoms with Crippen LogP contribution in [0.1, 0.15) is 17.1 Å². The number of rotatable bonds is 3. The molecule has 3 aromatic rings. The summed E-state index contributed by atoms with van der Waals surface area (Å²) in [5, 5.41) is 5.31. The van der Waals surface area contributed by atoms with Gasteiger partial charge in [-0.15, -0.1) is 0 Å². The lowest BCUT2D eigenvalue weighted by Crippen LogP contribution is -1.91. The quantitative estimate of drug-likeness (QED) is 0.692. The Morgan fingerprint density at radius 2 is 2.05 bits per heavy atom. The summed E-state index contributed by atoms with van der Waals surface area (Å²) in [5.41, 5.74) is 4.34. The first kappa shape index (κ1) is 13.7. The molecule has 0 aliphatic rings. The fourth-order valence-corrected chi connectivity index (χ4v) is 3.09. The van der Waals surface area contributed by atoms with Crippen molar-refractivity contribution in [3.05, 3.63) is 62.2 Å². The summed E-state index contributed by atoms with van der Waals surface area (Å²) < 4.78 is 0. The minimum absolute atomic E-state index is 0.574. The lowest BCUT2D eigenvalue weighted by molar-refractivity contribution is 1.02. The number of halogens is 2. The van der Waals surface area contributed by atoms with E-state index in [1.54, 1.807) is 11.3 Å². The minimum Gasteiger partial charge on any atom is -0.345 e. The van der Waals surface area contributed by atoms with Gasteiger partial charge in [-0.25, -0.2) is 4.98 Å². The van der Waals surface area contributed by atoms with Crippen LogP contribution in [0.3, 0.4) is 0 Å². The summed E-state index contributed by atoms with van der Waals surface area (Å²) >= 11 is 13.6. The van der Waals surface area contributed by atoms with Crippen molar-refractivity contribution in [3.63, 3.8) is 0 Å². The normalized spacial score (nSPS) is 10.9.